The minimum absolute atomic E-state index is 0.494. The first kappa shape index (κ1) is 14.2. The van der Waals surface area contributed by atoms with E-state index in [4.69, 9.17) is 23.2 Å². The zero-order chi connectivity index (χ0) is 15.8. The van der Waals surface area contributed by atoms with Crippen molar-refractivity contribution in [2.45, 2.75) is 0 Å². The van der Waals surface area contributed by atoms with Gasteiger partial charge in [0, 0.05) is 5.56 Å². The molecule has 6 heteroatoms. The average Bonchev–Trinajstić information content (AvgIpc) is 3.02. The van der Waals surface area contributed by atoms with Crippen molar-refractivity contribution in [1.29, 1.82) is 0 Å². The summed E-state index contributed by atoms with van der Waals surface area (Å²) in [6.45, 7) is 0. The first-order chi connectivity index (χ1) is 11.2. The molecule has 0 spiro atoms. The van der Waals surface area contributed by atoms with Crippen molar-refractivity contribution in [3.05, 3.63) is 64.9 Å². The fourth-order valence-corrected chi connectivity index (χ4v) is 2.67. The third kappa shape index (κ3) is 2.67. The van der Waals surface area contributed by atoms with Crippen LogP contribution in [0.2, 0.25) is 10.0 Å². The lowest BCUT2D eigenvalue weighted by Crippen LogP contribution is -1.90. The van der Waals surface area contributed by atoms with Crippen molar-refractivity contribution >= 4 is 34.2 Å². The van der Waals surface area contributed by atoms with Crippen molar-refractivity contribution in [2.24, 2.45) is 0 Å². The molecule has 2 aromatic carbocycles. The molecule has 112 valence electrons. The molecule has 2 aromatic heterocycles. The molecule has 23 heavy (non-hydrogen) atoms. The van der Waals surface area contributed by atoms with Gasteiger partial charge in [-0.3, -0.25) is 0 Å². The van der Waals surface area contributed by atoms with Crippen LogP contribution in [-0.4, -0.2) is 19.9 Å². The molecule has 0 aliphatic rings. The van der Waals surface area contributed by atoms with Gasteiger partial charge in [-0.15, -0.1) is 0 Å². The van der Waals surface area contributed by atoms with Gasteiger partial charge in [0.25, 0.3) is 0 Å². The molecule has 0 saturated heterocycles. The van der Waals surface area contributed by atoms with Crippen LogP contribution >= 0.6 is 23.2 Å². The lowest BCUT2D eigenvalue weighted by molar-refractivity contribution is 1.15. The molecule has 0 radical (unpaired) electrons. The maximum absolute atomic E-state index is 6.08. The van der Waals surface area contributed by atoms with Crippen LogP contribution in [0.3, 0.4) is 0 Å². The summed E-state index contributed by atoms with van der Waals surface area (Å²) >= 11 is 12.0. The van der Waals surface area contributed by atoms with E-state index in [1.807, 2.05) is 36.4 Å². The second-order valence-electron chi connectivity index (χ2n) is 5.02. The normalized spacial score (nSPS) is 11.0. The van der Waals surface area contributed by atoms with Crippen molar-refractivity contribution in [3.8, 4) is 22.8 Å². The van der Waals surface area contributed by atoms with Crippen LogP contribution < -0.4 is 0 Å². The molecule has 4 aromatic rings. The minimum Gasteiger partial charge on any atom is -0.337 e. The molecule has 0 unspecified atom stereocenters. The number of halogens is 2. The fraction of sp³-hybridized carbons (Fsp3) is 0. The number of aromatic nitrogens is 4. The Morgan fingerprint density at radius 2 is 1.65 bits per heavy atom. The molecule has 1 N–H and O–H groups in total. The van der Waals surface area contributed by atoms with E-state index in [1.54, 1.807) is 12.1 Å². The minimum atomic E-state index is 0.494. The highest BCUT2D eigenvalue weighted by molar-refractivity contribution is 6.42. The maximum Gasteiger partial charge on any atom is 0.157 e. The molecule has 0 fully saturated rings. The van der Waals surface area contributed by atoms with E-state index in [-0.39, 0.29) is 0 Å². The number of benzene rings is 2. The zero-order valence-electron chi connectivity index (χ0n) is 11.8. The van der Waals surface area contributed by atoms with Crippen LogP contribution in [0.25, 0.3) is 33.8 Å². The van der Waals surface area contributed by atoms with Crippen molar-refractivity contribution in [2.75, 3.05) is 0 Å². The van der Waals surface area contributed by atoms with E-state index >= 15 is 0 Å². The van der Waals surface area contributed by atoms with E-state index in [0.717, 1.165) is 28.0 Å². The summed E-state index contributed by atoms with van der Waals surface area (Å²) in [6, 6.07) is 15.1. The largest absolute Gasteiger partial charge is 0.337 e. The SMILES string of the molecule is Clc1ccc(-c2cc(-c3nc4ccccc4[nH]3)ncn2)cc1Cl. The lowest BCUT2D eigenvalue weighted by atomic mass is 10.1. The smallest absolute Gasteiger partial charge is 0.157 e. The van der Waals surface area contributed by atoms with Gasteiger partial charge >= 0.3 is 0 Å². The number of hydrogen-bond donors (Lipinski definition) is 1. The molecule has 0 atom stereocenters. The first-order valence-electron chi connectivity index (χ1n) is 6.93. The number of rotatable bonds is 2. The number of nitrogens with zero attached hydrogens (tertiary/aromatic N) is 3. The summed E-state index contributed by atoms with van der Waals surface area (Å²) in [5, 5.41) is 1.01. The Bertz CT molecular complexity index is 977. The van der Waals surface area contributed by atoms with Gasteiger partial charge in [-0.05, 0) is 30.3 Å². The highest BCUT2D eigenvalue weighted by atomic mass is 35.5. The topological polar surface area (TPSA) is 54.5 Å². The molecular weight excluding hydrogens is 331 g/mol. The number of aromatic amines is 1. The highest BCUT2D eigenvalue weighted by Gasteiger charge is 2.09. The fourth-order valence-electron chi connectivity index (χ4n) is 2.37. The monoisotopic (exact) mass is 340 g/mol. The second-order valence-corrected chi connectivity index (χ2v) is 5.83. The average molecular weight is 341 g/mol. The Labute approximate surface area is 142 Å². The molecule has 0 saturated carbocycles. The van der Waals surface area contributed by atoms with Gasteiger partial charge in [0.1, 0.15) is 12.0 Å². The lowest BCUT2D eigenvalue weighted by Gasteiger charge is -2.04. The van der Waals surface area contributed by atoms with Crippen LogP contribution in [0.5, 0.6) is 0 Å². The Morgan fingerprint density at radius 1 is 0.826 bits per heavy atom. The van der Waals surface area contributed by atoms with Gasteiger partial charge in [-0.1, -0.05) is 41.4 Å². The van der Waals surface area contributed by atoms with E-state index in [2.05, 4.69) is 19.9 Å². The third-order valence-corrected chi connectivity index (χ3v) is 4.25. The zero-order valence-corrected chi connectivity index (χ0v) is 13.3. The molecule has 0 aliphatic heterocycles. The van der Waals surface area contributed by atoms with Crippen LogP contribution in [0.15, 0.2) is 54.9 Å². The Kier molecular flexibility index (Phi) is 3.48. The summed E-state index contributed by atoms with van der Waals surface area (Å²) < 4.78 is 0. The quantitative estimate of drug-likeness (QED) is 0.559. The van der Waals surface area contributed by atoms with Crippen LogP contribution in [0.1, 0.15) is 0 Å². The van der Waals surface area contributed by atoms with Crippen LogP contribution in [-0.2, 0) is 0 Å². The van der Waals surface area contributed by atoms with Gasteiger partial charge in [-0.2, -0.15) is 0 Å². The molecule has 2 heterocycles. The van der Waals surface area contributed by atoms with Gasteiger partial charge in [0.2, 0.25) is 0 Å². The van der Waals surface area contributed by atoms with E-state index in [0.29, 0.717) is 15.9 Å². The first-order valence-corrected chi connectivity index (χ1v) is 7.69. The summed E-state index contributed by atoms with van der Waals surface area (Å²) in [5.74, 6) is 0.704. The highest BCUT2D eigenvalue weighted by Crippen LogP contribution is 2.28. The van der Waals surface area contributed by atoms with Crippen molar-refractivity contribution in [3.63, 3.8) is 0 Å². The van der Waals surface area contributed by atoms with Crippen LogP contribution in [0.4, 0.5) is 0 Å². The molecule has 0 amide bonds. The summed E-state index contributed by atoms with van der Waals surface area (Å²) in [6.07, 6.45) is 1.51. The van der Waals surface area contributed by atoms with E-state index in [1.165, 1.54) is 6.33 Å². The van der Waals surface area contributed by atoms with Gasteiger partial charge < -0.3 is 4.98 Å². The van der Waals surface area contributed by atoms with E-state index < -0.39 is 0 Å². The molecule has 4 rings (SSSR count). The van der Waals surface area contributed by atoms with Crippen LogP contribution in [0, 0.1) is 0 Å². The Balaban J connectivity index is 1.80. The number of hydrogen-bond acceptors (Lipinski definition) is 3. The molecule has 0 bridgehead atoms. The van der Waals surface area contributed by atoms with Gasteiger partial charge in [0.15, 0.2) is 5.82 Å². The molecule has 0 aliphatic carbocycles. The summed E-state index contributed by atoms with van der Waals surface area (Å²) in [4.78, 5) is 16.4. The van der Waals surface area contributed by atoms with E-state index in [9.17, 15) is 0 Å². The Morgan fingerprint density at radius 3 is 2.48 bits per heavy atom. The second kappa shape index (κ2) is 5.65. The molecular formula is C17H10Cl2N4. The maximum atomic E-state index is 6.08. The number of fused-ring (bicyclic) bond motifs is 1. The van der Waals surface area contributed by atoms with Crippen molar-refractivity contribution in [1.82, 2.24) is 19.9 Å². The number of H-pyrrole nitrogens is 1. The predicted octanol–water partition coefficient (Wildman–Crippen LogP) is 4.99. The third-order valence-electron chi connectivity index (χ3n) is 3.51. The van der Waals surface area contributed by atoms with Gasteiger partial charge in [-0.25, -0.2) is 15.0 Å². The number of nitrogens with one attached hydrogen (secondary N) is 1. The van der Waals surface area contributed by atoms with Gasteiger partial charge in [0.05, 0.1) is 26.8 Å². The number of para-hydroxylation sites is 2. The number of imidazole rings is 1. The summed E-state index contributed by atoms with van der Waals surface area (Å²) in [7, 11) is 0. The summed E-state index contributed by atoms with van der Waals surface area (Å²) in [5.41, 5.74) is 4.22. The van der Waals surface area contributed by atoms with Crippen molar-refractivity contribution < 1.29 is 0 Å². The predicted molar refractivity (Wildman–Crippen MR) is 92.6 cm³/mol. The Hall–Kier alpha value is -2.43. The standard InChI is InChI=1S/C17H10Cl2N4/c18-11-6-5-10(7-12(11)19)15-8-16(21-9-20-15)17-22-13-3-1-2-4-14(13)23-17/h1-9H,(H,22,23). The molecule has 4 nitrogen and oxygen atoms in total.